The third-order valence-electron chi connectivity index (χ3n) is 3.93. The van der Waals surface area contributed by atoms with Crippen molar-refractivity contribution < 1.29 is 28.7 Å². The van der Waals surface area contributed by atoms with Crippen LogP contribution >= 0.6 is 11.6 Å². The monoisotopic (exact) mass is 460 g/mol. The molecule has 0 aliphatic rings. The number of rotatable bonds is 8. The van der Waals surface area contributed by atoms with Crippen LogP contribution in [0.3, 0.4) is 0 Å². The van der Waals surface area contributed by atoms with Crippen LogP contribution < -0.4 is 21.7 Å². The summed E-state index contributed by atoms with van der Waals surface area (Å²) >= 11 is 5.89. The molecule has 0 radical (unpaired) electrons. The van der Waals surface area contributed by atoms with Gasteiger partial charge in [0, 0.05) is 18.4 Å². The van der Waals surface area contributed by atoms with Crippen molar-refractivity contribution in [2.75, 3.05) is 6.61 Å². The smallest absolute Gasteiger partial charge is 0.306 e. The molecule has 0 saturated carbocycles. The van der Waals surface area contributed by atoms with Crippen LogP contribution in [-0.2, 0) is 19.1 Å². The van der Waals surface area contributed by atoms with Crippen molar-refractivity contribution in [1.29, 1.82) is 0 Å². The van der Waals surface area contributed by atoms with Crippen LogP contribution in [0.4, 0.5) is 0 Å². The summed E-state index contributed by atoms with van der Waals surface area (Å²) in [5.41, 5.74) is 9.32. The van der Waals surface area contributed by atoms with Crippen LogP contribution in [0.15, 0.2) is 54.6 Å². The zero-order chi connectivity index (χ0) is 23.3. The molecule has 2 aromatic rings. The van der Waals surface area contributed by atoms with E-state index in [1.807, 2.05) is 0 Å². The Hall–Kier alpha value is -3.92. The standard InChI is InChI=1S/C21H21ClN4O6/c22-16-10-5-4-9-15(16)21(31)26-23-17(27)11-6-12-19(29)32-13-18(28)24-25-20(30)14-7-2-1-3-8-14/h1-5,7-10H,6,11-13H2,(H,23,27)(H,24,28)(H,25,30)(H,26,31). The topological polar surface area (TPSA) is 143 Å². The van der Waals surface area contributed by atoms with Crippen molar-refractivity contribution >= 4 is 41.2 Å². The van der Waals surface area contributed by atoms with Crippen LogP contribution in [0.1, 0.15) is 40.0 Å². The minimum Gasteiger partial charge on any atom is -0.455 e. The lowest BCUT2D eigenvalue weighted by atomic mass is 10.2. The van der Waals surface area contributed by atoms with Gasteiger partial charge in [0.15, 0.2) is 6.61 Å². The molecule has 2 aromatic carbocycles. The van der Waals surface area contributed by atoms with E-state index in [1.165, 1.54) is 6.07 Å². The fraction of sp³-hybridized carbons (Fsp3) is 0.190. The molecular weight excluding hydrogens is 440 g/mol. The molecule has 0 heterocycles. The van der Waals surface area contributed by atoms with Gasteiger partial charge in [-0.2, -0.15) is 0 Å². The second kappa shape index (κ2) is 12.7. The number of ether oxygens (including phenoxy) is 1. The van der Waals surface area contributed by atoms with E-state index < -0.39 is 36.2 Å². The Kier molecular flexibility index (Phi) is 9.67. The van der Waals surface area contributed by atoms with E-state index in [2.05, 4.69) is 21.7 Å². The third kappa shape index (κ3) is 8.44. The highest BCUT2D eigenvalue weighted by Gasteiger charge is 2.12. The van der Waals surface area contributed by atoms with Gasteiger partial charge in [-0.05, 0) is 30.7 Å². The van der Waals surface area contributed by atoms with Crippen LogP contribution in [-0.4, -0.2) is 36.2 Å². The number of carbonyl (C=O) groups excluding carboxylic acids is 5. The molecule has 11 heteroatoms. The van der Waals surface area contributed by atoms with Gasteiger partial charge < -0.3 is 4.74 Å². The van der Waals surface area contributed by atoms with Gasteiger partial charge in [-0.25, -0.2) is 0 Å². The molecule has 168 valence electrons. The number of esters is 1. The maximum Gasteiger partial charge on any atom is 0.306 e. The Morgan fingerprint density at radius 3 is 2.06 bits per heavy atom. The van der Waals surface area contributed by atoms with E-state index in [4.69, 9.17) is 16.3 Å². The summed E-state index contributed by atoms with van der Waals surface area (Å²) < 4.78 is 4.77. The van der Waals surface area contributed by atoms with E-state index in [-0.39, 0.29) is 29.8 Å². The maximum absolute atomic E-state index is 11.9. The molecule has 0 aromatic heterocycles. The molecule has 4 amide bonds. The Balaban J connectivity index is 1.57. The van der Waals surface area contributed by atoms with Crippen LogP contribution in [0.2, 0.25) is 5.02 Å². The molecule has 0 bridgehead atoms. The summed E-state index contributed by atoms with van der Waals surface area (Å²) in [5, 5.41) is 0.241. The lowest BCUT2D eigenvalue weighted by Crippen LogP contribution is -2.43. The largest absolute Gasteiger partial charge is 0.455 e. The summed E-state index contributed by atoms with van der Waals surface area (Å²) in [6.07, 6.45) is -0.0360. The summed E-state index contributed by atoms with van der Waals surface area (Å²) in [5.74, 6) is -3.02. The summed E-state index contributed by atoms with van der Waals surface area (Å²) in [6.45, 7) is -0.589. The molecule has 10 nitrogen and oxygen atoms in total. The van der Waals surface area contributed by atoms with Crippen LogP contribution in [0.5, 0.6) is 0 Å². The molecule has 0 atom stereocenters. The van der Waals surface area contributed by atoms with Gasteiger partial charge >= 0.3 is 5.97 Å². The zero-order valence-corrected chi connectivity index (χ0v) is 17.6. The highest BCUT2D eigenvalue weighted by atomic mass is 35.5. The number of halogens is 1. The quantitative estimate of drug-likeness (QED) is 0.345. The lowest BCUT2D eigenvalue weighted by molar-refractivity contribution is -0.148. The van der Waals surface area contributed by atoms with Gasteiger partial charge in [0.1, 0.15) is 0 Å². The summed E-state index contributed by atoms with van der Waals surface area (Å²) in [6, 6.07) is 14.6. The second-order valence-corrected chi connectivity index (χ2v) is 6.77. The molecule has 0 fully saturated rings. The first-order chi connectivity index (χ1) is 15.4. The minimum atomic E-state index is -0.720. The molecule has 0 unspecified atom stereocenters. The number of amides is 4. The lowest BCUT2D eigenvalue weighted by Gasteiger charge is -2.09. The third-order valence-corrected chi connectivity index (χ3v) is 4.26. The van der Waals surface area contributed by atoms with Crippen LogP contribution in [0, 0.1) is 0 Å². The van der Waals surface area contributed by atoms with Crippen molar-refractivity contribution in [3.05, 3.63) is 70.7 Å². The minimum absolute atomic E-state index is 0.0583. The molecule has 2 rings (SSSR count). The SMILES string of the molecule is O=C(COC(=O)CCCC(=O)NNC(=O)c1ccccc1Cl)NNC(=O)c1ccccc1. The van der Waals surface area contributed by atoms with E-state index in [0.717, 1.165) is 0 Å². The van der Waals surface area contributed by atoms with Gasteiger partial charge in [-0.3, -0.25) is 45.7 Å². The highest BCUT2D eigenvalue weighted by Crippen LogP contribution is 2.14. The molecule has 0 aliphatic heterocycles. The molecule has 0 aliphatic carbocycles. The second-order valence-electron chi connectivity index (χ2n) is 6.36. The van der Waals surface area contributed by atoms with Crippen molar-refractivity contribution in [1.82, 2.24) is 21.7 Å². The predicted molar refractivity (Wildman–Crippen MR) is 114 cm³/mol. The van der Waals surface area contributed by atoms with Crippen molar-refractivity contribution in [3.8, 4) is 0 Å². The number of carbonyl (C=O) groups is 5. The zero-order valence-electron chi connectivity index (χ0n) is 16.9. The Morgan fingerprint density at radius 2 is 1.34 bits per heavy atom. The molecule has 0 spiro atoms. The molecule has 0 saturated heterocycles. The van der Waals surface area contributed by atoms with E-state index in [9.17, 15) is 24.0 Å². The molecule has 32 heavy (non-hydrogen) atoms. The normalized spacial score (nSPS) is 9.91. The van der Waals surface area contributed by atoms with Gasteiger partial charge in [-0.1, -0.05) is 41.9 Å². The van der Waals surface area contributed by atoms with E-state index in [1.54, 1.807) is 48.5 Å². The summed E-state index contributed by atoms with van der Waals surface area (Å²) in [7, 11) is 0. The first kappa shape index (κ1) is 24.4. The number of benzene rings is 2. The van der Waals surface area contributed by atoms with Gasteiger partial charge in [-0.15, -0.1) is 0 Å². The average molecular weight is 461 g/mol. The van der Waals surface area contributed by atoms with Crippen molar-refractivity contribution in [3.63, 3.8) is 0 Å². The molecule has 4 N–H and O–H groups in total. The molecular formula is C21H21ClN4O6. The number of hydrazine groups is 2. The van der Waals surface area contributed by atoms with Crippen molar-refractivity contribution in [2.45, 2.75) is 19.3 Å². The van der Waals surface area contributed by atoms with Crippen LogP contribution in [0.25, 0.3) is 0 Å². The Morgan fingerprint density at radius 1 is 0.719 bits per heavy atom. The maximum atomic E-state index is 11.9. The Bertz CT molecular complexity index is 983. The van der Waals surface area contributed by atoms with Gasteiger partial charge in [0.25, 0.3) is 17.7 Å². The number of hydrogen-bond acceptors (Lipinski definition) is 6. The summed E-state index contributed by atoms with van der Waals surface area (Å²) in [4.78, 5) is 58.8. The van der Waals surface area contributed by atoms with Gasteiger partial charge in [0.05, 0.1) is 10.6 Å². The fourth-order valence-electron chi connectivity index (χ4n) is 2.34. The predicted octanol–water partition coefficient (Wildman–Crippen LogP) is 1.28. The fourth-order valence-corrected chi connectivity index (χ4v) is 2.56. The first-order valence-corrected chi connectivity index (χ1v) is 9.88. The number of hydrogen-bond donors (Lipinski definition) is 4. The number of nitrogens with one attached hydrogen (secondary N) is 4. The van der Waals surface area contributed by atoms with Crippen molar-refractivity contribution in [2.24, 2.45) is 0 Å². The van der Waals surface area contributed by atoms with E-state index in [0.29, 0.717) is 5.56 Å². The first-order valence-electron chi connectivity index (χ1n) is 9.50. The van der Waals surface area contributed by atoms with Gasteiger partial charge in [0.2, 0.25) is 5.91 Å². The average Bonchev–Trinajstić information content (AvgIpc) is 2.80. The highest BCUT2D eigenvalue weighted by molar-refractivity contribution is 6.33. The Labute approximate surface area is 188 Å². The van der Waals surface area contributed by atoms with E-state index >= 15 is 0 Å².